The Morgan fingerprint density at radius 3 is 2.14 bits per heavy atom. The van der Waals surface area contributed by atoms with E-state index in [1.54, 1.807) is 4.90 Å². The normalized spacial score (nSPS) is 12.7. The summed E-state index contributed by atoms with van der Waals surface area (Å²) < 4.78 is 0. The van der Waals surface area contributed by atoms with E-state index < -0.39 is 5.97 Å². The SMILES string of the molecule is CC(C)C(NC(=O)CN(CC(=O)O)C(C)C)c1ccccc1. The fraction of sp³-hybridized carbons (Fsp3) is 0.529. The third-order valence-electron chi connectivity index (χ3n) is 3.56. The molecule has 0 aromatic heterocycles. The van der Waals surface area contributed by atoms with Crippen LogP contribution in [-0.4, -0.2) is 41.0 Å². The number of amides is 1. The van der Waals surface area contributed by atoms with Crippen molar-refractivity contribution in [1.82, 2.24) is 10.2 Å². The lowest BCUT2D eigenvalue weighted by atomic mass is 9.96. The van der Waals surface area contributed by atoms with Gasteiger partial charge in [0.15, 0.2) is 0 Å². The van der Waals surface area contributed by atoms with E-state index in [4.69, 9.17) is 5.11 Å². The maximum Gasteiger partial charge on any atom is 0.317 e. The lowest BCUT2D eigenvalue weighted by Gasteiger charge is -2.27. The molecule has 0 fully saturated rings. The van der Waals surface area contributed by atoms with Crippen molar-refractivity contribution in [3.05, 3.63) is 35.9 Å². The number of nitrogens with one attached hydrogen (secondary N) is 1. The lowest BCUT2D eigenvalue weighted by Crippen LogP contribution is -2.44. The van der Waals surface area contributed by atoms with Gasteiger partial charge in [0.05, 0.1) is 19.1 Å². The van der Waals surface area contributed by atoms with Gasteiger partial charge in [-0.2, -0.15) is 0 Å². The zero-order chi connectivity index (χ0) is 16.7. The summed E-state index contributed by atoms with van der Waals surface area (Å²) in [5.41, 5.74) is 1.06. The Hall–Kier alpha value is -1.88. The van der Waals surface area contributed by atoms with Crippen LogP contribution in [0.25, 0.3) is 0 Å². The van der Waals surface area contributed by atoms with Crippen molar-refractivity contribution in [2.24, 2.45) is 5.92 Å². The standard InChI is InChI=1S/C17H26N2O3/c1-12(2)17(14-8-6-5-7-9-14)18-15(20)10-19(13(3)4)11-16(21)22/h5-9,12-13,17H,10-11H2,1-4H3,(H,18,20)(H,21,22). The van der Waals surface area contributed by atoms with Crippen LogP contribution in [0.5, 0.6) is 0 Å². The van der Waals surface area contributed by atoms with Gasteiger partial charge in [0.2, 0.25) is 5.91 Å². The van der Waals surface area contributed by atoms with Gasteiger partial charge in [-0.1, -0.05) is 44.2 Å². The minimum absolute atomic E-state index is 0.00363. The Labute approximate surface area is 132 Å². The van der Waals surface area contributed by atoms with Gasteiger partial charge in [0, 0.05) is 6.04 Å². The van der Waals surface area contributed by atoms with Gasteiger partial charge in [-0.05, 0) is 25.3 Å². The molecule has 2 N–H and O–H groups in total. The number of hydrogen-bond acceptors (Lipinski definition) is 3. The molecule has 5 heteroatoms. The molecule has 1 aromatic carbocycles. The highest BCUT2D eigenvalue weighted by Crippen LogP contribution is 2.21. The molecule has 1 atom stereocenters. The average molecular weight is 306 g/mol. The molecule has 0 saturated heterocycles. The number of carboxylic acids is 1. The number of carboxylic acid groups (broad SMARTS) is 1. The number of nitrogens with zero attached hydrogens (tertiary/aromatic N) is 1. The minimum Gasteiger partial charge on any atom is -0.480 e. The van der Waals surface area contributed by atoms with Crippen LogP contribution in [0.2, 0.25) is 0 Å². The molecule has 0 bridgehead atoms. The van der Waals surface area contributed by atoms with Crippen molar-refractivity contribution in [2.45, 2.75) is 39.8 Å². The molecule has 5 nitrogen and oxygen atoms in total. The first kappa shape index (κ1) is 18.2. The van der Waals surface area contributed by atoms with E-state index in [0.29, 0.717) is 0 Å². The fourth-order valence-corrected chi connectivity index (χ4v) is 2.29. The predicted octanol–water partition coefficient (Wildman–Crippen LogP) is 2.29. The largest absolute Gasteiger partial charge is 0.480 e. The number of hydrogen-bond donors (Lipinski definition) is 2. The van der Waals surface area contributed by atoms with Crippen molar-refractivity contribution >= 4 is 11.9 Å². The fourth-order valence-electron chi connectivity index (χ4n) is 2.29. The van der Waals surface area contributed by atoms with Crippen molar-refractivity contribution in [1.29, 1.82) is 0 Å². The summed E-state index contributed by atoms with van der Waals surface area (Å²) in [6.45, 7) is 7.81. The monoisotopic (exact) mass is 306 g/mol. The Morgan fingerprint density at radius 2 is 1.68 bits per heavy atom. The Kier molecular flexibility index (Phi) is 7.05. The topological polar surface area (TPSA) is 69.6 Å². The molecule has 0 spiro atoms. The van der Waals surface area contributed by atoms with E-state index in [0.717, 1.165) is 5.56 Å². The van der Waals surface area contributed by atoms with Gasteiger partial charge in [0.25, 0.3) is 0 Å². The van der Waals surface area contributed by atoms with Crippen molar-refractivity contribution < 1.29 is 14.7 Å². The van der Waals surface area contributed by atoms with E-state index in [1.165, 1.54) is 0 Å². The van der Waals surface area contributed by atoms with Crippen LogP contribution in [0.1, 0.15) is 39.3 Å². The molecule has 1 amide bonds. The van der Waals surface area contributed by atoms with Crippen LogP contribution >= 0.6 is 0 Å². The second-order valence-corrected chi connectivity index (χ2v) is 6.09. The Bertz CT molecular complexity index is 486. The first-order valence-corrected chi connectivity index (χ1v) is 7.61. The second kappa shape index (κ2) is 8.54. The second-order valence-electron chi connectivity index (χ2n) is 6.09. The molecule has 0 aliphatic carbocycles. The highest BCUT2D eigenvalue weighted by atomic mass is 16.4. The molecule has 1 rings (SSSR count). The molecule has 1 unspecified atom stereocenters. The molecule has 0 heterocycles. The first-order valence-electron chi connectivity index (χ1n) is 7.61. The summed E-state index contributed by atoms with van der Waals surface area (Å²) in [6, 6.07) is 9.73. The van der Waals surface area contributed by atoms with Gasteiger partial charge in [-0.3, -0.25) is 14.5 Å². The van der Waals surface area contributed by atoms with Crippen LogP contribution in [-0.2, 0) is 9.59 Å². The summed E-state index contributed by atoms with van der Waals surface area (Å²) in [5, 5.41) is 11.9. The van der Waals surface area contributed by atoms with E-state index in [9.17, 15) is 9.59 Å². The molecule has 0 aliphatic heterocycles. The molecular formula is C17H26N2O3. The Balaban J connectivity index is 2.73. The molecule has 1 aromatic rings. The minimum atomic E-state index is -0.926. The van der Waals surface area contributed by atoms with E-state index in [-0.39, 0.29) is 37.0 Å². The molecule has 22 heavy (non-hydrogen) atoms. The number of benzene rings is 1. The summed E-state index contributed by atoms with van der Waals surface area (Å²) in [4.78, 5) is 24.8. The van der Waals surface area contributed by atoms with Gasteiger partial charge in [-0.25, -0.2) is 0 Å². The zero-order valence-corrected chi connectivity index (χ0v) is 13.7. The summed E-state index contributed by atoms with van der Waals surface area (Å²) in [6.07, 6.45) is 0. The smallest absolute Gasteiger partial charge is 0.317 e. The highest BCUT2D eigenvalue weighted by molar-refractivity contribution is 5.79. The summed E-state index contributed by atoms with van der Waals surface area (Å²) in [7, 11) is 0. The van der Waals surface area contributed by atoms with Crippen molar-refractivity contribution in [3.63, 3.8) is 0 Å². The van der Waals surface area contributed by atoms with E-state index in [1.807, 2.05) is 44.2 Å². The van der Waals surface area contributed by atoms with E-state index >= 15 is 0 Å². The van der Waals surface area contributed by atoms with Crippen molar-refractivity contribution in [3.8, 4) is 0 Å². The van der Waals surface area contributed by atoms with Gasteiger partial charge >= 0.3 is 5.97 Å². The molecule has 0 saturated carbocycles. The van der Waals surface area contributed by atoms with Crippen LogP contribution < -0.4 is 5.32 Å². The predicted molar refractivity (Wildman–Crippen MR) is 86.5 cm³/mol. The molecular weight excluding hydrogens is 280 g/mol. The maximum atomic E-state index is 12.3. The third kappa shape index (κ3) is 5.85. The van der Waals surface area contributed by atoms with Gasteiger partial charge < -0.3 is 10.4 Å². The van der Waals surface area contributed by atoms with Crippen LogP contribution in [0.3, 0.4) is 0 Å². The number of carbonyl (C=O) groups is 2. The third-order valence-corrected chi connectivity index (χ3v) is 3.56. The Morgan fingerprint density at radius 1 is 1.09 bits per heavy atom. The van der Waals surface area contributed by atoms with E-state index in [2.05, 4.69) is 19.2 Å². The number of aliphatic carboxylic acids is 1. The molecule has 0 radical (unpaired) electrons. The van der Waals surface area contributed by atoms with Gasteiger partial charge in [0.1, 0.15) is 0 Å². The van der Waals surface area contributed by atoms with Crippen molar-refractivity contribution in [2.75, 3.05) is 13.1 Å². The zero-order valence-electron chi connectivity index (χ0n) is 13.7. The van der Waals surface area contributed by atoms with Crippen LogP contribution in [0.15, 0.2) is 30.3 Å². The number of rotatable bonds is 8. The highest BCUT2D eigenvalue weighted by Gasteiger charge is 2.21. The summed E-state index contributed by atoms with van der Waals surface area (Å²) >= 11 is 0. The van der Waals surface area contributed by atoms with Crippen LogP contribution in [0.4, 0.5) is 0 Å². The van der Waals surface area contributed by atoms with Crippen LogP contribution in [0, 0.1) is 5.92 Å². The average Bonchev–Trinajstić information content (AvgIpc) is 2.44. The van der Waals surface area contributed by atoms with Gasteiger partial charge in [-0.15, -0.1) is 0 Å². The lowest BCUT2D eigenvalue weighted by molar-refractivity contribution is -0.139. The molecule has 122 valence electrons. The molecule has 0 aliphatic rings. The first-order chi connectivity index (χ1) is 10.3. The maximum absolute atomic E-state index is 12.3. The quantitative estimate of drug-likeness (QED) is 0.773. The summed E-state index contributed by atoms with van der Waals surface area (Å²) in [5.74, 6) is -0.833. The number of carbonyl (C=O) groups excluding carboxylic acids is 1.